The zero-order chi connectivity index (χ0) is 7.68. The molecule has 0 aliphatic carbocycles. The van der Waals surface area contributed by atoms with Gasteiger partial charge in [0.05, 0.1) is 0 Å². The summed E-state index contributed by atoms with van der Waals surface area (Å²) in [6, 6.07) is 3.96. The largest absolute Gasteiger partial charge is 0.361 e. The fourth-order valence-electron chi connectivity index (χ4n) is 0.913. The van der Waals surface area contributed by atoms with Crippen LogP contribution in [0.5, 0.6) is 0 Å². The maximum atomic E-state index is 4.94. The number of thiophene rings is 1. The Bertz CT molecular complexity index is 337. The molecule has 0 aromatic carbocycles. The lowest BCUT2D eigenvalue weighted by molar-refractivity contribution is 0.399. The third-order valence-electron chi connectivity index (χ3n) is 1.44. The molecule has 56 valence electrons. The molecular weight excluding hydrogens is 158 g/mol. The lowest BCUT2D eigenvalue weighted by Crippen LogP contribution is -1.67. The average molecular weight is 165 g/mol. The van der Waals surface area contributed by atoms with Crippen LogP contribution in [-0.4, -0.2) is 5.16 Å². The number of rotatable bonds is 1. The van der Waals surface area contributed by atoms with Crippen LogP contribution >= 0.6 is 11.3 Å². The number of aromatic nitrogens is 1. The number of hydrogen-bond acceptors (Lipinski definition) is 3. The summed E-state index contributed by atoms with van der Waals surface area (Å²) in [7, 11) is 0. The molecule has 0 saturated carbocycles. The van der Waals surface area contributed by atoms with Crippen LogP contribution < -0.4 is 0 Å². The SMILES string of the molecule is Cc1cc(-c2ccsc2)no1. The first-order valence-corrected chi connectivity index (χ1v) is 4.26. The van der Waals surface area contributed by atoms with E-state index in [2.05, 4.69) is 10.5 Å². The highest BCUT2D eigenvalue weighted by Crippen LogP contribution is 2.20. The Kier molecular flexibility index (Phi) is 1.51. The first-order chi connectivity index (χ1) is 5.36. The minimum absolute atomic E-state index is 0.853. The number of aryl methyl sites for hydroxylation is 1. The van der Waals surface area contributed by atoms with Gasteiger partial charge >= 0.3 is 0 Å². The Morgan fingerprint density at radius 1 is 1.55 bits per heavy atom. The molecule has 0 amide bonds. The van der Waals surface area contributed by atoms with Gasteiger partial charge in [0.1, 0.15) is 11.5 Å². The van der Waals surface area contributed by atoms with Crippen LogP contribution in [0.25, 0.3) is 11.3 Å². The van der Waals surface area contributed by atoms with E-state index in [4.69, 9.17) is 4.52 Å². The molecule has 0 unspecified atom stereocenters. The van der Waals surface area contributed by atoms with E-state index in [0.717, 1.165) is 17.0 Å². The van der Waals surface area contributed by atoms with Crippen molar-refractivity contribution in [2.45, 2.75) is 6.92 Å². The minimum Gasteiger partial charge on any atom is -0.361 e. The van der Waals surface area contributed by atoms with E-state index in [1.165, 1.54) is 0 Å². The quantitative estimate of drug-likeness (QED) is 0.649. The molecule has 0 atom stereocenters. The summed E-state index contributed by atoms with van der Waals surface area (Å²) in [5.74, 6) is 0.853. The monoisotopic (exact) mass is 165 g/mol. The highest BCUT2D eigenvalue weighted by atomic mass is 32.1. The van der Waals surface area contributed by atoms with Crippen LogP contribution in [0.3, 0.4) is 0 Å². The number of nitrogens with zero attached hydrogens (tertiary/aromatic N) is 1. The molecule has 3 heteroatoms. The maximum absolute atomic E-state index is 4.94. The summed E-state index contributed by atoms with van der Waals surface area (Å²) in [4.78, 5) is 0. The van der Waals surface area contributed by atoms with Gasteiger partial charge in [-0.3, -0.25) is 0 Å². The Labute approximate surface area is 68.5 Å². The lowest BCUT2D eigenvalue weighted by atomic mass is 10.2. The molecule has 0 aliphatic rings. The minimum atomic E-state index is 0.853. The topological polar surface area (TPSA) is 26.0 Å². The molecule has 0 spiro atoms. The van der Waals surface area contributed by atoms with Crippen molar-refractivity contribution in [3.8, 4) is 11.3 Å². The number of hydrogen-bond donors (Lipinski definition) is 0. The molecule has 2 nitrogen and oxygen atoms in total. The second-order valence-corrected chi connectivity index (χ2v) is 3.11. The van der Waals surface area contributed by atoms with Gasteiger partial charge in [0.15, 0.2) is 0 Å². The summed E-state index contributed by atoms with van der Waals surface area (Å²) in [6.07, 6.45) is 0. The Hall–Kier alpha value is -1.09. The van der Waals surface area contributed by atoms with Crippen molar-refractivity contribution in [3.63, 3.8) is 0 Å². The normalized spacial score (nSPS) is 10.3. The smallest absolute Gasteiger partial charge is 0.134 e. The van der Waals surface area contributed by atoms with Crippen molar-refractivity contribution in [1.82, 2.24) is 5.16 Å². The molecule has 2 rings (SSSR count). The molecule has 0 fully saturated rings. The van der Waals surface area contributed by atoms with E-state index < -0.39 is 0 Å². The van der Waals surface area contributed by atoms with Crippen LogP contribution in [-0.2, 0) is 0 Å². The zero-order valence-electron chi connectivity index (χ0n) is 6.07. The summed E-state index contributed by atoms with van der Waals surface area (Å²) >= 11 is 1.66. The second-order valence-electron chi connectivity index (χ2n) is 2.33. The average Bonchev–Trinajstić information content (AvgIpc) is 2.55. The highest BCUT2D eigenvalue weighted by Gasteiger charge is 2.02. The summed E-state index contributed by atoms with van der Waals surface area (Å²) in [5, 5.41) is 7.97. The maximum Gasteiger partial charge on any atom is 0.134 e. The van der Waals surface area contributed by atoms with Gasteiger partial charge in [0.25, 0.3) is 0 Å². The molecule has 0 N–H and O–H groups in total. The van der Waals surface area contributed by atoms with Gasteiger partial charge in [-0.2, -0.15) is 11.3 Å². The molecule has 0 aliphatic heterocycles. The lowest BCUT2D eigenvalue weighted by Gasteiger charge is -1.82. The molecule has 0 bridgehead atoms. The van der Waals surface area contributed by atoms with Crippen LogP contribution in [0.15, 0.2) is 27.4 Å². The first-order valence-electron chi connectivity index (χ1n) is 3.32. The third-order valence-corrected chi connectivity index (χ3v) is 2.13. The van der Waals surface area contributed by atoms with Crippen LogP contribution in [0.1, 0.15) is 5.76 Å². The Morgan fingerprint density at radius 3 is 3.00 bits per heavy atom. The van der Waals surface area contributed by atoms with Gasteiger partial charge in [-0.15, -0.1) is 0 Å². The van der Waals surface area contributed by atoms with Crippen molar-refractivity contribution >= 4 is 11.3 Å². The Morgan fingerprint density at radius 2 is 2.45 bits per heavy atom. The summed E-state index contributed by atoms with van der Waals surface area (Å²) in [5.41, 5.74) is 2.05. The van der Waals surface area contributed by atoms with Crippen LogP contribution in [0, 0.1) is 6.92 Å². The summed E-state index contributed by atoms with van der Waals surface area (Å²) in [6.45, 7) is 1.89. The van der Waals surface area contributed by atoms with E-state index in [1.54, 1.807) is 11.3 Å². The van der Waals surface area contributed by atoms with E-state index in [9.17, 15) is 0 Å². The fourth-order valence-corrected chi connectivity index (χ4v) is 1.56. The van der Waals surface area contributed by atoms with E-state index >= 15 is 0 Å². The molecule has 0 radical (unpaired) electrons. The van der Waals surface area contributed by atoms with E-state index in [0.29, 0.717) is 0 Å². The molecule has 2 aromatic heterocycles. The molecule has 2 heterocycles. The second kappa shape index (κ2) is 2.51. The molecule has 0 saturated heterocycles. The van der Waals surface area contributed by atoms with E-state index in [-0.39, 0.29) is 0 Å². The fraction of sp³-hybridized carbons (Fsp3) is 0.125. The molecule has 2 aromatic rings. The van der Waals surface area contributed by atoms with Crippen molar-refractivity contribution in [3.05, 3.63) is 28.7 Å². The van der Waals surface area contributed by atoms with Gasteiger partial charge < -0.3 is 4.52 Å². The van der Waals surface area contributed by atoms with Crippen molar-refractivity contribution in [1.29, 1.82) is 0 Å². The van der Waals surface area contributed by atoms with Gasteiger partial charge in [-0.05, 0) is 18.4 Å². The predicted octanol–water partition coefficient (Wildman–Crippen LogP) is 2.71. The van der Waals surface area contributed by atoms with Gasteiger partial charge in [0, 0.05) is 17.0 Å². The zero-order valence-corrected chi connectivity index (χ0v) is 6.89. The third kappa shape index (κ3) is 1.19. The summed E-state index contributed by atoms with van der Waals surface area (Å²) < 4.78 is 4.94. The first kappa shape index (κ1) is 6.61. The molecular formula is C8H7NOS. The van der Waals surface area contributed by atoms with Gasteiger partial charge in [0.2, 0.25) is 0 Å². The van der Waals surface area contributed by atoms with E-state index in [1.807, 2.05) is 24.4 Å². The van der Waals surface area contributed by atoms with Crippen molar-refractivity contribution in [2.75, 3.05) is 0 Å². The Balaban J connectivity index is 2.45. The van der Waals surface area contributed by atoms with Crippen LogP contribution in [0.4, 0.5) is 0 Å². The predicted molar refractivity (Wildman–Crippen MR) is 44.6 cm³/mol. The van der Waals surface area contributed by atoms with Crippen molar-refractivity contribution < 1.29 is 4.52 Å². The van der Waals surface area contributed by atoms with Crippen LogP contribution in [0.2, 0.25) is 0 Å². The van der Waals surface area contributed by atoms with Gasteiger partial charge in [-0.25, -0.2) is 0 Å². The van der Waals surface area contributed by atoms with Crippen molar-refractivity contribution in [2.24, 2.45) is 0 Å². The van der Waals surface area contributed by atoms with Gasteiger partial charge in [-0.1, -0.05) is 5.16 Å². The highest BCUT2D eigenvalue weighted by molar-refractivity contribution is 7.08. The molecule has 11 heavy (non-hydrogen) atoms. The standard InChI is InChI=1S/C8H7NOS/c1-6-4-8(9-10-6)7-2-3-11-5-7/h2-5H,1H3.